The van der Waals surface area contributed by atoms with Gasteiger partial charge in [0, 0.05) is 18.4 Å². The summed E-state index contributed by atoms with van der Waals surface area (Å²) in [6.45, 7) is 2.52. The molecule has 0 unspecified atom stereocenters. The van der Waals surface area contributed by atoms with Crippen LogP contribution in [0.15, 0.2) is 42.6 Å². The van der Waals surface area contributed by atoms with Crippen LogP contribution in [-0.4, -0.2) is 14.5 Å². The fourth-order valence-electron chi connectivity index (χ4n) is 2.16. The minimum atomic E-state index is 0.535. The van der Waals surface area contributed by atoms with Gasteiger partial charge in [0.15, 0.2) is 5.65 Å². The number of fused-ring (bicyclic) bond motifs is 1. The van der Waals surface area contributed by atoms with Crippen LogP contribution in [0.3, 0.4) is 0 Å². The van der Waals surface area contributed by atoms with Gasteiger partial charge in [-0.05, 0) is 36.8 Å². The molecule has 0 amide bonds. The van der Waals surface area contributed by atoms with Gasteiger partial charge in [0.25, 0.3) is 0 Å². The topological polar surface area (TPSA) is 56.7 Å². The van der Waals surface area contributed by atoms with Gasteiger partial charge in [-0.25, -0.2) is 9.97 Å². The van der Waals surface area contributed by atoms with Gasteiger partial charge >= 0.3 is 0 Å². The third kappa shape index (κ3) is 1.67. The van der Waals surface area contributed by atoms with E-state index < -0.39 is 0 Å². The van der Waals surface area contributed by atoms with Crippen LogP contribution >= 0.6 is 0 Å². The molecule has 0 saturated carbocycles. The van der Waals surface area contributed by atoms with E-state index in [-0.39, 0.29) is 0 Å². The van der Waals surface area contributed by atoms with Crippen LogP contribution in [0.4, 0.5) is 0 Å². The molecule has 3 rings (SSSR count). The smallest absolute Gasteiger partial charge is 0.164 e. The first-order valence-corrected chi connectivity index (χ1v) is 5.89. The van der Waals surface area contributed by atoms with Gasteiger partial charge in [0.2, 0.25) is 0 Å². The SMILES string of the molecule is Cc1nc2cccnc2n1-c1cccc(CN)c1. The van der Waals surface area contributed by atoms with Crippen molar-refractivity contribution >= 4 is 11.2 Å². The summed E-state index contributed by atoms with van der Waals surface area (Å²) in [7, 11) is 0. The van der Waals surface area contributed by atoms with Crippen LogP contribution in [0.1, 0.15) is 11.4 Å². The number of nitrogens with two attached hydrogens (primary N) is 1. The number of aromatic nitrogens is 3. The Labute approximate surface area is 105 Å². The van der Waals surface area contributed by atoms with Crippen LogP contribution < -0.4 is 5.73 Å². The molecule has 0 bridgehead atoms. The van der Waals surface area contributed by atoms with Gasteiger partial charge in [0.05, 0.1) is 0 Å². The predicted molar refractivity (Wildman–Crippen MR) is 71.5 cm³/mol. The molecular weight excluding hydrogens is 224 g/mol. The van der Waals surface area contributed by atoms with E-state index in [1.54, 1.807) is 6.20 Å². The summed E-state index contributed by atoms with van der Waals surface area (Å²) in [6.07, 6.45) is 1.78. The second kappa shape index (κ2) is 4.23. The highest BCUT2D eigenvalue weighted by Gasteiger charge is 2.09. The molecule has 0 saturated heterocycles. The van der Waals surface area contributed by atoms with Crippen LogP contribution in [-0.2, 0) is 6.54 Å². The van der Waals surface area contributed by atoms with Gasteiger partial charge < -0.3 is 5.73 Å². The average Bonchev–Trinajstić information content (AvgIpc) is 2.74. The van der Waals surface area contributed by atoms with Gasteiger partial charge in [-0.1, -0.05) is 12.1 Å². The molecule has 0 fully saturated rings. The Bertz CT molecular complexity index is 700. The molecule has 18 heavy (non-hydrogen) atoms. The van der Waals surface area contributed by atoms with E-state index in [1.807, 2.05) is 37.3 Å². The Hall–Kier alpha value is -2.20. The molecule has 0 radical (unpaired) electrons. The van der Waals surface area contributed by atoms with Gasteiger partial charge in [0.1, 0.15) is 11.3 Å². The first kappa shape index (κ1) is 10.9. The van der Waals surface area contributed by atoms with Gasteiger partial charge in [-0.2, -0.15) is 0 Å². The van der Waals surface area contributed by atoms with E-state index in [9.17, 15) is 0 Å². The molecule has 3 aromatic rings. The highest BCUT2D eigenvalue weighted by molar-refractivity contribution is 5.73. The second-order valence-electron chi connectivity index (χ2n) is 4.21. The van der Waals surface area contributed by atoms with Crippen LogP contribution in [0, 0.1) is 6.92 Å². The molecule has 0 atom stereocenters. The fraction of sp³-hybridized carbons (Fsp3) is 0.143. The molecule has 0 aliphatic rings. The number of aryl methyl sites for hydroxylation is 1. The number of hydrogen-bond donors (Lipinski definition) is 1. The standard InChI is InChI=1S/C14H14N4/c1-10-17-13-6-3-7-16-14(13)18(10)12-5-2-4-11(8-12)9-15/h2-8H,9,15H2,1H3. The van der Waals surface area contributed by atoms with E-state index in [0.717, 1.165) is 28.2 Å². The Morgan fingerprint density at radius 3 is 2.94 bits per heavy atom. The van der Waals surface area contributed by atoms with Gasteiger partial charge in [-0.15, -0.1) is 0 Å². The maximum atomic E-state index is 5.68. The van der Waals surface area contributed by atoms with Gasteiger partial charge in [-0.3, -0.25) is 4.57 Å². The highest BCUT2D eigenvalue weighted by Crippen LogP contribution is 2.19. The maximum Gasteiger partial charge on any atom is 0.164 e. The van der Waals surface area contributed by atoms with Crippen LogP contribution in [0.2, 0.25) is 0 Å². The molecule has 0 aliphatic heterocycles. The molecule has 0 aliphatic carbocycles. The zero-order valence-corrected chi connectivity index (χ0v) is 10.2. The summed E-state index contributed by atoms with van der Waals surface area (Å²) in [5, 5.41) is 0. The lowest BCUT2D eigenvalue weighted by molar-refractivity contribution is 0.976. The average molecular weight is 238 g/mol. The van der Waals surface area contributed by atoms with Crippen LogP contribution in [0.5, 0.6) is 0 Å². The Balaban J connectivity index is 2.27. The van der Waals surface area contributed by atoms with Crippen molar-refractivity contribution in [3.63, 3.8) is 0 Å². The summed E-state index contributed by atoms with van der Waals surface area (Å²) >= 11 is 0. The van der Waals surface area contributed by atoms with Crippen molar-refractivity contribution in [3.05, 3.63) is 54.0 Å². The summed E-state index contributed by atoms with van der Waals surface area (Å²) < 4.78 is 2.05. The molecule has 2 heterocycles. The molecule has 1 aromatic carbocycles. The molecule has 2 aromatic heterocycles. The highest BCUT2D eigenvalue weighted by atomic mass is 15.1. The number of rotatable bonds is 2. The van der Waals surface area contributed by atoms with Crippen molar-refractivity contribution in [3.8, 4) is 5.69 Å². The quantitative estimate of drug-likeness (QED) is 0.744. The van der Waals surface area contributed by atoms with Crippen molar-refractivity contribution in [1.29, 1.82) is 0 Å². The first-order valence-electron chi connectivity index (χ1n) is 5.89. The molecule has 2 N–H and O–H groups in total. The summed E-state index contributed by atoms with van der Waals surface area (Å²) in [6, 6.07) is 12.0. The van der Waals surface area contributed by atoms with E-state index in [0.29, 0.717) is 6.54 Å². The summed E-state index contributed by atoms with van der Waals surface area (Å²) in [5.41, 5.74) is 9.63. The minimum Gasteiger partial charge on any atom is -0.326 e. The van der Waals surface area contributed by atoms with Crippen molar-refractivity contribution in [2.24, 2.45) is 5.73 Å². The third-order valence-corrected chi connectivity index (χ3v) is 2.99. The maximum absolute atomic E-state index is 5.68. The van der Waals surface area contributed by atoms with Crippen molar-refractivity contribution in [2.45, 2.75) is 13.5 Å². The predicted octanol–water partition coefficient (Wildman–Crippen LogP) is 2.19. The number of hydrogen-bond acceptors (Lipinski definition) is 3. The van der Waals surface area contributed by atoms with E-state index >= 15 is 0 Å². The minimum absolute atomic E-state index is 0.535. The molecular formula is C14H14N4. The van der Waals surface area contributed by atoms with E-state index in [1.165, 1.54) is 0 Å². The number of benzene rings is 1. The fourth-order valence-corrected chi connectivity index (χ4v) is 2.16. The van der Waals surface area contributed by atoms with Crippen LogP contribution in [0.25, 0.3) is 16.9 Å². The number of imidazole rings is 1. The Kier molecular flexibility index (Phi) is 2.57. The van der Waals surface area contributed by atoms with E-state index in [2.05, 4.69) is 20.6 Å². The lowest BCUT2D eigenvalue weighted by Crippen LogP contribution is -2.01. The summed E-state index contributed by atoms with van der Waals surface area (Å²) in [5.74, 6) is 0.929. The lowest BCUT2D eigenvalue weighted by Gasteiger charge is -2.07. The molecule has 4 heteroatoms. The zero-order chi connectivity index (χ0) is 12.5. The molecule has 4 nitrogen and oxygen atoms in total. The lowest BCUT2D eigenvalue weighted by atomic mass is 10.2. The monoisotopic (exact) mass is 238 g/mol. The first-order chi connectivity index (χ1) is 8.79. The number of pyridine rings is 1. The molecule has 90 valence electrons. The Morgan fingerprint density at radius 1 is 1.22 bits per heavy atom. The third-order valence-electron chi connectivity index (χ3n) is 2.99. The Morgan fingerprint density at radius 2 is 2.11 bits per heavy atom. The van der Waals surface area contributed by atoms with Crippen molar-refractivity contribution < 1.29 is 0 Å². The largest absolute Gasteiger partial charge is 0.326 e. The molecule has 0 spiro atoms. The van der Waals surface area contributed by atoms with E-state index in [4.69, 9.17) is 5.73 Å². The van der Waals surface area contributed by atoms with Crippen molar-refractivity contribution in [1.82, 2.24) is 14.5 Å². The second-order valence-corrected chi connectivity index (χ2v) is 4.21. The number of nitrogens with zero attached hydrogens (tertiary/aromatic N) is 3. The van der Waals surface area contributed by atoms with Crippen molar-refractivity contribution in [2.75, 3.05) is 0 Å². The zero-order valence-electron chi connectivity index (χ0n) is 10.2. The normalized spacial score (nSPS) is 11.0. The summed E-state index contributed by atoms with van der Waals surface area (Å²) in [4.78, 5) is 8.92.